The molecule has 0 unspecified atom stereocenters. The lowest BCUT2D eigenvalue weighted by molar-refractivity contribution is 0.864. The Labute approximate surface area is 113 Å². The molecule has 2 rings (SSSR count). The number of H-pyrrole nitrogens is 1. The molecule has 0 aromatic carbocycles. The summed E-state index contributed by atoms with van der Waals surface area (Å²) in [5.41, 5.74) is 0.589. The summed E-state index contributed by atoms with van der Waals surface area (Å²) in [6.45, 7) is 3.79. The molecule has 0 saturated carbocycles. The molecule has 0 bridgehead atoms. The van der Waals surface area contributed by atoms with E-state index in [4.69, 9.17) is 11.6 Å². The Kier molecular flexibility index (Phi) is 3.98. The van der Waals surface area contributed by atoms with Gasteiger partial charge in [0.1, 0.15) is 16.0 Å². The number of hydrogen-bond donors (Lipinski definition) is 1. The summed E-state index contributed by atoms with van der Waals surface area (Å²) in [6.07, 6.45) is 2.16. The van der Waals surface area contributed by atoms with Crippen LogP contribution in [-0.2, 0) is 6.42 Å². The summed E-state index contributed by atoms with van der Waals surface area (Å²) >= 11 is 7.31. The fourth-order valence-corrected chi connectivity index (χ4v) is 2.36. The predicted molar refractivity (Wildman–Crippen MR) is 70.1 cm³/mol. The van der Waals surface area contributed by atoms with Gasteiger partial charge in [0, 0.05) is 24.2 Å². The molecule has 0 saturated heterocycles. The lowest BCUT2D eigenvalue weighted by Crippen LogP contribution is -2.06. The summed E-state index contributed by atoms with van der Waals surface area (Å²) < 4.78 is 0. The third kappa shape index (κ3) is 2.88. The number of aromatic nitrogens is 4. The van der Waals surface area contributed by atoms with Crippen LogP contribution in [0, 0.1) is 6.92 Å². The normalized spacial score (nSPS) is 10.6. The van der Waals surface area contributed by atoms with Gasteiger partial charge in [0.05, 0.1) is 0 Å². The number of nitrogens with zero attached hydrogens (tertiary/aromatic N) is 3. The van der Waals surface area contributed by atoms with Crippen molar-refractivity contribution in [1.82, 2.24) is 19.9 Å². The van der Waals surface area contributed by atoms with E-state index in [0.717, 1.165) is 5.56 Å². The van der Waals surface area contributed by atoms with Gasteiger partial charge in [-0.05, 0) is 18.7 Å². The number of hydrogen-bond acceptors (Lipinski definition) is 5. The second-order valence-corrected chi connectivity index (χ2v) is 4.89. The van der Waals surface area contributed by atoms with E-state index in [1.165, 1.54) is 24.0 Å². The summed E-state index contributed by atoms with van der Waals surface area (Å²) in [5.74, 6) is 0.673. The Hall–Kier alpha value is -1.40. The molecular formula is C11H11ClN4OS. The first-order valence-electron chi connectivity index (χ1n) is 5.36. The molecule has 2 aromatic rings. The van der Waals surface area contributed by atoms with Gasteiger partial charge < -0.3 is 4.98 Å². The van der Waals surface area contributed by atoms with Gasteiger partial charge in [-0.15, -0.1) is 0 Å². The molecule has 5 nitrogen and oxygen atoms in total. The first-order valence-corrected chi connectivity index (χ1v) is 6.55. The van der Waals surface area contributed by atoms with Gasteiger partial charge in [-0.25, -0.2) is 15.0 Å². The zero-order chi connectivity index (χ0) is 13.1. The largest absolute Gasteiger partial charge is 0.301 e. The summed E-state index contributed by atoms with van der Waals surface area (Å²) in [6, 6.07) is 1.36. The van der Waals surface area contributed by atoms with E-state index in [-0.39, 0.29) is 5.56 Å². The molecule has 0 radical (unpaired) electrons. The molecule has 2 aromatic heterocycles. The van der Waals surface area contributed by atoms with Crippen molar-refractivity contribution in [1.29, 1.82) is 0 Å². The van der Waals surface area contributed by atoms with Gasteiger partial charge in [0.2, 0.25) is 0 Å². The topological polar surface area (TPSA) is 71.5 Å². The van der Waals surface area contributed by atoms with Gasteiger partial charge in [-0.2, -0.15) is 0 Å². The van der Waals surface area contributed by atoms with E-state index < -0.39 is 0 Å². The molecule has 0 fully saturated rings. The summed E-state index contributed by atoms with van der Waals surface area (Å²) in [5, 5.41) is 1.63. The van der Waals surface area contributed by atoms with Gasteiger partial charge in [0.25, 0.3) is 5.56 Å². The lowest BCUT2D eigenvalue weighted by Gasteiger charge is -2.07. The molecule has 0 atom stereocenters. The summed E-state index contributed by atoms with van der Waals surface area (Å²) in [7, 11) is 0. The molecule has 0 aliphatic rings. The second kappa shape index (κ2) is 5.49. The minimum Gasteiger partial charge on any atom is -0.301 e. The average molecular weight is 283 g/mol. The van der Waals surface area contributed by atoms with Crippen molar-refractivity contribution in [3.8, 4) is 0 Å². The maximum atomic E-state index is 11.2. The number of nitrogens with one attached hydrogen (secondary N) is 1. The first-order chi connectivity index (χ1) is 8.60. The molecule has 0 aliphatic carbocycles. The van der Waals surface area contributed by atoms with Crippen molar-refractivity contribution in [2.75, 3.05) is 0 Å². The van der Waals surface area contributed by atoms with E-state index in [9.17, 15) is 4.79 Å². The second-order valence-electron chi connectivity index (χ2n) is 3.56. The molecule has 18 heavy (non-hydrogen) atoms. The maximum Gasteiger partial charge on any atom is 0.251 e. The van der Waals surface area contributed by atoms with Crippen molar-refractivity contribution in [2.45, 2.75) is 30.5 Å². The Morgan fingerprint density at radius 3 is 2.89 bits per heavy atom. The molecule has 0 spiro atoms. The summed E-state index contributed by atoms with van der Waals surface area (Å²) in [4.78, 5) is 26.4. The standard InChI is InChI=1S/C11H11ClN4OS/c1-3-7-14-9(12)6(2)10(15-7)18-11-13-5-4-8(17)16-11/h4-5H,3H2,1-2H3,(H,13,16,17). The Balaban J connectivity index is 2.39. The zero-order valence-electron chi connectivity index (χ0n) is 9.90. The molecule has 7 heteroatoms. The highest BCUT2D eigenvalue weighted by atomic mass is 35.5. The Morgan fingerprint density at radius 1 is 1.44 bits per heavy atom. The molecule has 0 amide bonds. The zero-order valence-corrected chi connectivity index (χ0v) is 11.5. The van der Waals surface area contributed by atoms with Crippen LogP contribution in [-0.4, -0.2) is 19.9 Å². The van der Waals surface area contributed by atoms with Crippen LogP contribution in [0.2, 0.25) is 5.15 Å². The van der Waals surface area contributed by atoms with Crippen LogP contribution in [0.4, 0.5) is 0 Å². The quantitative estimate of drug-likeness (QED) is 0.690. The smallest absolute Gasteiger partial charge is 0.251 e. The van der Waals surface area contributed by atoms with E-state index >= 15 is 0 Å². The van der Waals surface area contributed by atoms with Gasteiger partial charge >= 0.3 is 0 Å². The third-order valence-corrected chi connectivity index (χ3v) is 3.61. The van der Waals surface area contributed by atoms with Crippen molar-refractivity contribution in [3.63, 3.8) is 0 Å². The van der Waals surface area contributed by atoms with Crippen LogP contribution >= 0.6 is 23.4 Å². The number of aryl methyl sites for hydroxylation is 1. The average Bonchev–Trinajstić information content (AvgIpc) is 2.34. The number of aromatic amines is 1. The molecule has 94 valence electrons. The van der Waals surface area contributed by atoms with Crippen molar-refractivity contribution in [2.24, 2.45) is 0 Å². The SMILES string of the molecule is CCc1nc(Cl)c(C)c(Sc2nccc(=O)[nH]2)n1. The highest BCUT2D eigenvalue weighted by Crippen LogP contribution is 2.28. The van der Waals surface area contributed by atoms with Crippen molar-refractivity contribution >= 4 is 23.4 Å². The number of rotatable bonds is 3. The molecular weight excluding hydrogens is 272 g/mol. The van der Waals surface area contributed by atoms with Crippen molar-refractivity contribution < 1.29 is 0 Å². The third-order valence-electron chi connectivity index (χ3n) is 2.25. The van der Waals surface area contributed by atoms with E-state index in [1.807, 2.05) is 13.8 Å². The van der Waals surface area contributed by atoms with Crippen LogP contribution < -0.4 is 5.56 Å². The maximum absolute atomic E-state index is 11.2. The van der Waals surface area contributed by atoms with Crippen molar-refractivity contribution in [3.05, 3.63) is 39.2 Å². The minimum atomic E-state index is -0.193. The van der Waals surface area contributed by atoms with Crippen LogP contribution in [0.25, 0.3) is 0 Å². The molecule has 0 aliphatic heterocycles. The van der Waals surface area contributed by atoms with Crippen LogP contribution in [0.1, 0.15) is 18.3 Å². The van der Waals surface area contributed by atoms with Gasteiger partial charge in [0.15, 0.2) is 5.16 Å². The van der Waals surface area contributed by atoms with Crippen LogP contribution in [0.3, 0.4) is 0 Å². The molecule has 2 heterocycles. The predicted octanol–water partition coefficient (Wildman–Crippen LogP) is 2.24. The fourth-order valence-electron chi connectivity index (χ4n) is 1.26. The Morgan fingerprint density at radius 2 is 2.22 bits per heavy atom. The minimum absolute atomic E-state index is 0.193. The first kappa shape index (κ1) is 13.0. The molecule has 1 N–H and O–H groups in total. The van der Waals surface area contributed by atoms with E-state index in [0.29, 0.717) is 27.6 Å². The lowest BCUT2D eigenvalue weighted by atomic mass is 10.3. The van der Waals surface area contributed by atoms with Crippen LogP contribution in [0.15, 0.2) is 27.2 Å². The highest BCUT2D eigenvalue weighted by Gasteiger charge is 2.11. The number of halogens is 1. The van der Waals surface area contributed by atoms with Crippen LogP contribution in [0.5, 0.6) is 0 Å². The van der Waals surface area contributed by atoms with Gasteiger partial charge in [-0.3, -0.25) is 4.79 Å². The van der Waals surface area contributed by atoms with E-state index in [1.54, 1.807) is 0 Å². The van der Waals surface area contributed by atoms with Gasteiger partial charge in [-0.1, -0.05) is 18.5 Å². The Bertz CT molecular complexity index is 629. The monoisotopic (exact) mass is 282 g/mol. The fraction of sp³-hybridized carbons (Fsp3) is 0.273. The highest BCUT2D eigenvalue weighted by molar-refractivity contribution is 7.99. The van der Waals surface area contributed by atoms with E-state index in [2.05, 4.69) is 19.9 Å².